The molecule has 0 aromatic carbocycles. The van der Waals surface area contributed by atoms with E-state index in [4.69, 9.17) is 9.84 Å². The first kappa shape index (κ1) is 34.1. The zero-order chi connectivity index (χ0) is 25.7. The Morgan fingerprint density at radius 1 is 0.429 bits per heavy atom. The molecule has 0 heterocycles. The third-order valence-corrected chi connectivity index (χ3v) is 7.00. The minimum absolute atomic E-state index is 0.337. The van der Waals surface area contributed by atoms with Gasteiger partial charge in [0.2, 0.25) is 0 Å². The number of ether oxygens (including phenoxy) is 1. The molecule has 0 atom stereocenters. The molecular weight excluding hydrogens is 436 g/mol. The number of carbonyl (C=O) groups is 2. The summed E-state index contributed by atoms with van der Waals surface area (Å²) in [6.07, 6.45) is 31.5. The Morgan fingerprint density at radius 2 is 0.686 bits per heavy atom. The second-order valence-electron chi connectivity index (χ2n) is 10.6. The third kappa shape index (κ3) is 29.2. The monoisotopic (exact) mass is 496 g/mol. The van der Waals surface area contributed by atoms with E-state index in [0.717, 1.165) is 32.1 Å². The highest BCUT2D eigenvalue weighted by Crippen LogP contribution is 2.14. The number of aliphatic hydroxyl groups excluding tert-OH is 1. The Bertz CT molecular complexity index is 449. The molecule has 0 unspecified atom stereocenters. The molecule has 0 saturated carbocycles. The first-order valence-corrected chi connectivity index (χ1v) is 15.5. The van der Waals surface area contributed by atoms with Crippen molar-refractivity contribution in [3.8, 4) is 0 Å². The summed E-state index contributed by atoms with van der Waals surface area (Å²) in [4.78, 5) is 23.7. The molecule has 0 aromatic rings. The van der Waals surface area contributed by atoms with E-state index in [1.807, 2.05) is 0 Å². The lowest BCUT2D eigenvalue weighted by atomic mass is 10.0. The predicted octanol–water partition coefficient (Wildman–Crippen LogP) is 9.60. The third-order valence-electron chi connectivity index (χ3n) is 7.00. The van der Waals surface area contributed by atoms with Gasteiger partial charge in [0.25, 0.3) is 0 Å². The van der Waals surface area contributed by atoms with Gasteiger partial charge >= 0.3 is 11.9 Å². The number of unbranched alkanes of at least 4 members (excludes halogenated alkanes) is 23. The molecule has 4 nitrogen and oxygen atoms in total. The molecule has 0 amide bonds. The molecule has 0 aliphatic rings. The Kier molecular flexibility index (Phi) is 28.6. The maximum Gasteiger partial charge on any atom is 0.313 e. The average Bonchev–Trinajstić information content (AvgIpc) is 2.85. The van der Waals surface area contributed by atoms with Gasteiger partial charge < -0.3 is 9.84 Å². The fourth-order valence-electron chi connectivity index (χ4n) is 4.67. The van der Waals surface area contributed by atoms with Crippen LogP contribution in [0.15, 0.2) is 0 Å². The van der Waals surface area contributed by atoms with Crippen LogP contribution in [0, 0.1) is 0 Å². The van der Waals surface area contributed by atoms with Gasteiger partial charge in [-0.1, -0.05) is 148 Å². The second kappa shape index (κ2) is 29.3. The summed E-state index contributed by atoms with van der Waals surface area (Å²) in [5, 5.41) is 8.76. The Labute approximate surface area is 218 Å². The number of rotatable bonds is 28. The maximum absolute atomic E-state index is 11.8. The van der Waals surface area contributed by atoms with Crippen LogP contribution in [0.4, 0.5) is 0 Å². The molecule has 1 N–H and O–H groups in total. The van der Waals surface area contributed by atoms with E-state index in [9.17, 15) is 9.59 Å². The average molecular weight is 497 g/mol. The Hall–Kier alpha value is -0.900. The summed E-state index contributed by atoms with van der Waals surface area (Å²) in [7, 11) is 0. The van der Waals surface area contributed by atoms with Crippen molar-refractivity contribution < 1.29 is 19.4 Å². The standard InChI is InChI=1S/C31H60O4/c1-2-3-4-5-6-7-12-15-18-21-24-27-30(33)35-31(34)28-25-22-19-16-13-10-8-9-11-14-17-20-23-26-29-32/h32H,2-29H2,1H3. The van der Waals surface area contributed by atoms with Crippen LogP contribution < -0.4 is 0 Å². The van der Waals surface area contributed by atoms with E-state index in [0.29, 0.717) is 19.4 Å². The first-order valence-electron chi connectivity index (χ1n) is 15.5. The molecule has 0 fully saturated rings. The van der Waals surface area contributed by atoms with E-state index in [1.165, 1.54) is 128 Å². The summed E-state index contributed by atoms with van der Waals surface area (Å²) in [5.41, 5.74) is 0. The molecule has 0 aliphatic carbocycles. The fourth-order valence-corrected chi connectivity index (χ4v) is 4.67. The smallest absolute Gasteiger partial charge is 0.313 e. The van der Waals surface area contributed by atoms with Gasteiger partial charge in [0.05, 0.1) is 0 Å². The van der Waals surface area contributed by atoms with Crippen molar-refractivity contribution in [2.45, 2.75) is 180 Å². The number of hydrogen-bond acceptors (Lipinski definition) is 4. The molecule has 0 bridgehead atoms. The summed E-state index contributed by atoms with van der Waals surface area (Å²) in [6.45, 7) is 2.59. The lowest BCUT2D eigenvalue weighted by Crippen LogP contribution is -2.11. The zero-order valence-electron chi connectivity index (χ0n) is 23.5. The van der Waals surface area contributed by atoms with E-state index < -0.39 is 0 Å². The van der Waals surface area contributed by atoms with E-state index in [1.54, 1.807) is 0 Å². The molecule has 0 saturated heterocycles. The summed E-state index contributed by atoms with van der Waals surface area (Å²) in [6, 6.07) is 0. The van der Waals surface area contributed by atoms with Gasteiger partial charge in [-0.2, -0.15) is 0 Å². The lowest BCUT2D eigenvalue weighted by molar-refractivity contribution is -0.159. The highest BCUT2D eigenvalue weighted by atomic mass is 16.6. The summed E-state index contributed by atoms with van der Waals surface area (Å²) < 4.78 is 4.97. The van der Waals surface area contributed by atoms with Crippen LogP contribution in [-0.2, 0) is 14.3 Å². The predicted molar refractivity (Wildman–Crippen MR) is 149 cm³/mol. The van der Waals surface area contributed by atoms with Crippen LogP contribution in [0.25, 0.3) is 0 Å². The molecule has 0 aromatic heterocycles. The minimum atomic E-state index is -0.338. The number of aliphatic hydroxyl groups is 1. The van der Waals surface area contributed by atoms with Crippen molar-refractivity contribution in [2.75, 3.05) is 6.61 Å². The van der Waals surface area contributed by atoms with Crippen molar-refractivity contribution in [1.29, 1.82) is 0 Å². The molecule has 35 heavy (non-hydrogen) atoms. The van der Waals surface area contributed by atoms with Gasteiger partial charge in [-0.05, 0) is 19.3 Å². The van der Waals surface area contributed by atoms with Crippen LogP contribution in [0.5, 0.6) is 0 Å². The molecule has 4 heteroatoms. The second-order valence-corrected chi connectivity index (χ2v) is 10.6. The van der Waals surface area contributed by atoms with Crippen LogP contribution in [0.1, 0.15) is 180 Å². The van der Waals surface area contributed by atoms with Gasteiger partial charge in [0.15, 0.2) is 0 Å². The zero-order valence-corrected chi connectivity index (χ0v) is 23.5. The van der Waals surface area contributed by atoms with Crippen LogP contribution in [-0.4, -0.2) is 23.7 Å². The fraction of sp³-hybridized carbons (Fsp3) is 0.935. The van der Waals surface area contributed by atoms with Gasteiger partial charge in [0.1, 0.15) is 0 Å². The SMILES string of the molecule is CCCCCCCCCCCCCC(=O)OC(=O)CCCCCCCCCCCCCCCCO. The molecule has 208 valence electrons. The van der Waals surface area contributed by atoms with Crippen molar-refractivity contribution >= 4 is 11.9 Å². The normalized spacial score (nSPS) is 11.1. The summed E-state index contributed by atoms with van der Waals surface area (Å²) in [5.74, 6) is -0.675. The van der Waals surface area contributed by atoms with Crippen molar-refractivity contribution in [3.63, 3.8) is 0 Å². The van der Waals surface area contributed by atoms with Gasteiger partial charge in [-0.25, -0.2) is 0 Å². The highest BCUT2D eigenvalue weighted by Gasteiger charge is 2.09. The van der Waals surface area contributed by atoms with Crippen molar-refractivity contribution in [2.24, 2.45) is 0 Å². The molecule has 0 rings (SSSR count). The number of esters is 2. The lowest BCUT2D eigenvalue weighted by Gasteiger charge is -2.05. The van der Waals surface area contributed by atoms with Crippen molar-refractivity contribution in [3.05, 3.63) is 0 Å². The van der Waals surface area contributed by atoms with Crippen LogP contribution >= 0.6 is 0 Å². The Balaban J connectivity index is 3.28. The largest absolute Gasteiger partial charge is 0.396 e. The van der Waals surface area contributed by atoms with Crippen molar-refractivity contribution in [1.82, 2.24) is 0 Å². The molecule has 0 aliphatic heterocycles. The minimum Gasteiger partial charge on any atom is -0.396 e. The molecular formula is C31H60O4. The highest BCUT2D eigenvalue weighted by molar-refractivity contribution is 5.85. The number of carbonyl (C=O) groups excluding carboxylic acids is 2. The van der Waals surface area contributed by atoms with E-state index in [2.05, 4.69) is 6.92 Å². The van der Waals surface area contributed by atoms with Gasteiger partial charge in [0, 0.05) is 19.4 Å². The number of hydrogen-bond donors (Lipinski definition) is 1. The molecule has 0 spiro atoms. The summed E-state index contributed by atoms with van der Waals surface area (Å²) >= 11 is 0. The van der Waals surface area contributed by atoms with Gasteiger partial charge in [-0.3, -0.25) is 9.59 Å². The first-order chi connectivity index (χ1) is 17.2. The maximum atomic E-state index is 11.8. The quantitative estimate of drug-likeness (QED) is 0.0665. The Morgan fingerprint density at radius 3 is 0.971 bits per heavy atom. The molecule has 0 radical (unpaired) electrons. The van der Waals surface area contributed by atoms with Crippen LogP contribution in [0.2, 0.25) is 0 Å². The van der Waals surface area contributed by atoms with E-state index >= 15 is 0 Å². The topological polar surface area (TPSA) is 63.6 Å². The van der Waals surface area contributed by atoms with Crippen LogP contribution in [0.3, 0.4) is 0 Å². The van der Waals surface area contributed by atoms with E-state index in [-0.39, 0.29) is 11.9 Å². The van der Waals surface area contributed by atoms with Gasteiger partial charge in [-0.15, -0.1) is 0 Å².